The Labute approximate surface area is 106 Å². The number of unbranched alkanes of at least 4 members (excludes halogenated alkanes) is 1. The largest absolute Gasteiger partial charge is 0.353 e. The predicted octanol–water partition coefficient (Wildman–Crippen LogP) is 4.22. The van der Waals surface area contributed by atoms with Crippen LogP contribution in [0, 0.1) is 0 Å². The molecule has 1 heterocycles. The highest BCUT2D eigenvalue weighted by atomic mass is 16.7. The van der Waals surface area contributed by atoms with E-state index in [9.17, 15) is 0 Å². The van der Waals surface area contributed by atoms with Crippen molar-refractivity contribution in [3.63, 3.8) is 0 Å². The summed E-state index contributed by atoms with van der Waals surface area (Å²) < 4.78 is 11.1. The van der Waals surface area contributed by atoms with Gasteiger partial charge in [0, 0.05) is 6.61 Å². The smallest absolute Gasteiger partial charge is 0.157 e. The zero-order valence-corrected chi connectivity index (χ0v) is 11.1. The van der Waals surface area contributed by atoms with Crippen molar-refractivity contribution in [2.45, 2.75) is 58.2 Å². The molecule has 0 spiro atoms. The molecule has 0 bridgehead atoms. The second-order valence-corrected chi connectivity index (χ2v) is 4.42. The van der Waals surface area contributed by atoms with Gasteiger partial charge in [-0.05, 0) is 38.5 Å². The van der Waals surface area contributed by atoms with Crippen molar-refractivity contribution < 1.29 is 9.47 Å². The van der Waals surface area contributed by atoms with Crippen LogP contribution in [0.25, 0.3) is 0 Å². The van der Waals surface area contributed by atoms with Crippen LogP contribution in [0.5, 0.6) is 0 Å². The van der Waals surface area contributed by atoms with E-state index < -0.39 is 0 Å². The van der Waals surface area contributed by atoms with E-state index in [1.54, 1.807) is 0 Å². The molecule has 0 saturated carbocycles. The van der Waals surface area contributed by atoms with E-state index in [1.165, 1.54) is 25.7 Å². The molecule has 1 atom stereocenters. The van der Waals surface area contributed by atoms with Gasteiger partial charge in [0.05, 0.1) is 6.61 Å². The number of allylic oxidation sites excluding steroid dienone is 3. The zero-order chi connectivity index (χ0) is 12.2. The van der Waals surface area contributed by atoms with Crippen molar-refractivity contribution in [2.24, 2.45) is 0 Å². The Morgan fingerprint density at radius 2 is 1.94 bits per heavy atom. The summed E-state index contributed by atoms with van der Waals surface area (Å²) in [5.74, 6) is 0. The van der Waals surface area contributed by atoms with Crippen LogP contribution in [-0.2, 0) is 9.47 Å². The highest BCUT2D eigenvalue weighted by Gasteiger charge is 2.12. The average Bonchev–Trinajstić information content (AvgIpc) is 2.38. The van der Waals surface area contributed by atoms with E-state index in [1.807, 2.05) is 0 Å². The summed E-state index contributed by atoms with van der Waals surface area (Å²) in [6, 6.07) is 0. The molecule has 17 heavy (non-hydrogen) atoms. The van der Waals surface area contributed by atoms with E-state index >= 15 is 0 Å². The molecule has 2 heteroatoms. The molecule has 0 N–H and O–H groups in total. The number of hydrogen-bond acceptors (Lipinski definition) is 2. The molecule has 0 amide bonds. The third kappa shape index (κ3) is 8.17. The van der Waals surface area contributed by atoms with Gasteiger partial charge in [0.2, 0.25) is 0 Å². The maximum atomic E-state index is 5.64. The molecule has 1 rings (SSSR count). The molecule has 1 aliphatic rings. The van der Waals surface area contributed by atoms with Crippen LogP contribution < -0.4 is 0 Å². The minimum atomic E-state index is 0.0570. The first-order valence-electron chi connectivity index (χ1n) is 6.96. The van der Waals surface area contributed by atoms with Crippen LogP contribution in [0.15, 0.2) is 24.3 Å². The van der Waals surface area contributed by atoms with Gasteiger partial charge in [0.25, 0.3) is 0 Å². The normalized spacial score (nSPS) is 21.6. The Morgan fingerprint density at radius 3 is 2.65 bits per heavy atom. The lowest BCUT2D eigenvalue weighted by atomic mass is 10.2. The number of rotatable bonds is 8. The third-order valence-corrected chi connectivity index (χ3v) is 2.79. The summed E-state index contributed by atoms with van der Waals surface area (Å²) in [5, 5.41) is 0. The van der Waals surface area contributed by atoms with Crippen molar-refractivity contribution >= 4 is 0 Å². The molecule has 2 nitrogen and oxygen atoms in total. The fourth-order valence-electron chi connectivity index (χ4n) is 1.78. The van der Waals surface area contributed by atoms with Crippen LogP contribution >= 0.6 is 0 Å². The van der Waals surface area contributed by atoms with Crippen molar-refractivity contribution in [3.8, 4) is 0 Å². The Morgan fingerprint density at radius 1 is 1.12 bits per heavy atom. The van der Waals surface area contributed by atoms with Crippen LogP contribution in [0.2, 0.25) is 0 Å². The van der Waals surface area contributed by atoms with Crippen LogP contribution in [0.3, 0.4) is 0 Å². The standard InChI is InChI=1S/C15H26O2/c1-2-3-4-5-6-7-8-10-13-16-15-12-9-11-14-17-15/h4-5,7-8,15H,2-3,6,9-14H2,1H3. The first kappa shape index (κ1) is 14.5. The monoisotopic (exact) mass is 238 g/mol. The second kappa shape index (κ2) is 10.5. The lowest BCUT2D eigenvalue weighted by molar-refractivity contribution is -0.161. The maximum Gasteiger partial charge on any atom is 0.157 e. The first-order valence-corrected chi connectivity index (χ1v) is 6.96. The van der Waals surface area contributed by atoms with E-state index in [0.29, 0.717) is 0 Å². The van der Waals surface area contributed by atoms with E-state index in [4.69, 9.17) is 9.47 Å². The van der Waals surface area contributed by atoms with Gasteiger partial charge in [-0.15, -0.1) is 0 Å². The molecule has 1 fully saturated rings. The molecule has 0 aromatic rings. The first-order chi connectivity index (χ1) is 8.43. The fourth-order valence-corrected chi connectivity index (χ4v) is 1.78. The molecule has 1 unspecified atom stereocenters. The van der Waals surface area contributed by atoms with Gasteiger partial charge in [0.1, 0.15) is 0 Å². The topological polar surface area (TPSA) is 18.5 Å². The highest BCUT2D eigenvalue weighted by Crippen LogP contribution is 2.13. The third-order valence-electron chi connectivity index (χ3n) is 2.79. The molecule has 0 aliphatic carbocycles. The van der Waals surface area contributed by atoms with Crippen molar-refractivity contribution in [1.82, 2.24) is 0 Å². The lowest BCUT2D eigenvalue weighted by Crippen LogP contribution is -2.22. The Balaban J connectivity index is 1.90. The Bertz CT molecular complexity index is 215. The summed E-state index contributed by atoms with van der Waals surface area (Å²) in [7, 11) is 0. The van der Waals surface area contributed by atoms with Crippen molar-refractivity contribution in [1.29, 1.82) is 0 Å². The van der Waals surface area contributed by atoms with Gasteiger partial charge in [-0.2, -0.15) is 0 Å². The summed E-state index contributed by atoms with van der Waals surface area (Å²) in [6.07, 6.45) is 16.9. The number of hydrogen-bond donors (Lipinski definition) is 0. The van der Waals surface area contributed by atoms with Crippen LogP contribution in [-0.4, -0.2) is 19.5 Å². The lowest BCUT2D eigenvalue weighted by Gasteiger charge is -2.22. The van der Waals surface area contributed by atoms with E-state index in [2.05, 4.69) is 31.2 Å². The fraction of sp³-hybridized carbons (Fsp3) is 0.733. The quantitative estimate of drug-likeness (QED) is 0.465. The minimum absolute atomic E-state index is 0.0570. The summed E-state index contributed by atoms with van der Waals surface area (Å²) in [6.45, 7) is 3.84. The van der Waals surface area contributed by atoms with Gasteiger partial charge in [-0.3, -0.25) is 0 Å². The van der Waals surface area contributed by atoms with E-state index in [0.717, 1.165) is 32.5 Å². The highest BCUT2D eigenvalue weighted by molar-refractivity contribution is 4.92. The minimum Gasteiger partial charge on any atom is -0.353 e. The predicted molar refractivity (Wildman–Crippen MR) is 72.0 cm³/mol. The van der Waals surface area contributed by atoms with Gasteiger partial charge in [0.15, 0.2) is 6.29 Å². The zero-order valence-electron chi connectivity index (χ0n) is 11.1. The Hall–Kier alpha value is -0.600. The molecule has 1 aliphatic heterocycles. The average molecular weight is 238 g/mol. The second-order valence-electron chi connectivity index (χ2n) is 4.42. The maximum absolute atomic E-state index is 5.64. The van der Waals surface area contributed by atoms with Gasteiger partial charge < -0.3 is 9.47 Å². The van der Waals surface area contributed by atoms with Gasteiger partial charge in [-0.25, -0.2) is 0 Å². The van der Waals surface area contributed by atoms with Gasteiger partial charge >= 0.3 is 0 Å². The molecule has 1 saturated heterocycles. The molecule has 98 valence electrons. The van der Waals surface area contributed by atoms with Gasteiger partial charge in [-0.1, -0.05) is 37.6 Å². The van der Waals surface area contributed by atoms with Crippen molar-refractivity contribution in [2.75, 3.05) is 13.2 Å². The molecule has 0 aromatic heterocycles. The molecular formula is C15H26O2. The molecule has 0 radical (unpaired) electrons. The molecular weight excluding hydrogens is 212 g/mol. The number of ether oxygens (including phenoxy) is 2. The summed E-state index contributed by atoms with van der Waals surface area (Å²) >= 11 is 0. The van der Waals surface area contributed by atoms with Crippen molar-refractivity contribution in [3.05, 3.63) is 24.3 Å². The SMILES string of the molecule is CCCC=CCC=CCCOC1CCCCO1. The van der Waals surface area contributed by atoms with E-state index in [-0.39, 0.29) is 6.29 Å². The Kier molecular flexibility index (Phi) is 8.97. The summed E-state index contributed by atoms with van der Waals surface area (Å²) in [5.41, 5.74) is 0. The summed E-state index contributed by atoms with van der Waals surface area (Å²) in [4.78, 5) is 0. The van der Waals surface area contributed by atoms with Crippen LogP contribution in [0.1, 0.15) is 51.9 Å². The van der Waals surface area contributed by atoms with Crippen LogP contribution in [0.4, 0.5) is 0 Å². The molecule has 0 aromatic carbocycles.